The average molecular weight is 580 g/mol. The maximum absolute atomic E-state index is 13.5. The van der Waals surface area contributed by atoms with Crippen LogP contribution in [0.2, 0.25) is 0 Å². The zero-order valence-electron chi connectivity index (χ0n) is 17.4. The number of hydrogen-bond acceptors (Lipinski definition) is 6. The number of ketones is 1. The first kappa shape index (κ1) is 24.8. The molecule has 0 fully saturated rings. The standard InChI is InChI=1S/C25H16Br2N4O3/c26-17-9-5-15(6-10-17)20(13-28)23(30-31-25(34)19-3-1-2-4-22(19)32)24(33)21(14-29)16-7-11-18(27)12-8-16/h1-12,20-21,32H,(H,31,34)/b30-23-/t20-,21-/m0/s1. The minimum Gasteiger partial charge on any atom is -0.507 e. The van der Waals surface area contributed by atoms with Crippen LogP contribution in [0, 0.1) is 22.7 Å². The number of phenols is 1. The van der Waals surface area contributed by atoms with Crippen molar-refractivity contribution in [2.75, 3.05) is 0 Å². The first-order valence-electron chi connectivity index (χ1n) is 9.86. The van der Waals surface area contributed by atoms with Crippen LogP contribution in [0.1, 0.15) is 33.3 Å². The summed E-state index contributed by atoms with van der Waals surface area (Å²) < 4.78 is 1.55. The molecule has 34 heavy (non-hydrogen) atoms. The van der Waals surface area contributed by atoms with Crippen LogP contribution < -0.4 is 5.43 Å². The highest BCUT2D eigenvalue weighted by atomic mass is 79.9. The minimum atomic E-state index is -1.25. The number of phenolic OH excluding ortho intramolecular Hbond substituents is 1. The molecule has 3 aromatic rings. The number of para-hydroxylation sites is 1. The van der Waals surface area contributed by atoms with Crippen molar-refractivity contribution in [1.82, 2.24) is 5.43 Å². The largest absolute Gasteiger partial charge is 0.507 e. The Bertz CT molecular complexity index is 1320. The Morgan fingerprint density at radius 1 is 0.824 bits per heavy atom. The van der Waals surface area contributed by atoms with E-state index in [-0.39, 0.29) is 17.0 Å². The van der Waals surface area contributed by atoms with Crippen molar-refractivity contribution in [3.8, 4) is 17.9 Å². The van der Waals surface area contributed by atoms with Gasteiger partial charge in [0.05, 0.1) is 17.7 Å². The van der Waals surface area contributed by atoms with E-state index in [1.807, 2.05) is 12.1 Å². The Balaban J connectivity index is 2.04. The SMILES string of the molecule is N#C[C@H](C(=O)/C(=N\NC(=O)c1ccccc1O)[C@@H](C#N)c1ccc(Br)cc1)c1ccc(Br)cc1. The van der Waals surface area contributed by atoms with Gasteiger partial charge in [-0.15, -0.1) is 0 Å². The lowest BCUT2D eigenvalue weighted by Crippen LogP contribution is -2.31. The van der Waals surface area contributed by atoms with Gasteiger partial charge in [0.15, 0.2) is 0 Å². The number of aromatic hydroxyl groups is 1. The van der Waals surface area contributed by atoms with E-state index in [0.717, 1.165) is 8.95 Å². The van der Waals surface area contributed by atoms with E-state index in [9.17, 15) is 25.2 Å². The van der Waals surface area contributed by atoms with E-state index in [1.54, 1.807) is 60.7 Å². The smallest absolute Gasteiger partial charge is 0.275 e. The molecule has 0 heterocycles. The molecule has 2 atom stereocenters. The van der Waals surface area contributed by atoms with E-state index >= 15 is 0 Å². The van der Waals surface area contributed by atoms with E-state index < -0.39 is 23.5 Å². The number of nitrogens with zero attached hydrogens (tertiary/aromatic N) is 3. The number of rotatable bonds is 7. The molecule has 1 amide bonds. The van der Waals surface area contributed by atoms with Crippen molar-refractivity contribution >= 4 is 49.3 Å². The molecule has 0 unspecified atom stereocenters. The van der Waals surface area contributed by atoms with Gasteiger partial charge in [0, 0.05) is 8.95 Å². The summed E-state index contributed by atoms with van der Waals surface area (Å²) in [4.78, 5) is 26.1. The first-order valence-corrected chi connectivity index (χ1v) is 11.4. The third kappa shape index (κ3) is 5.76. The van der Waals surface area contributed by atoms with Crippen LogP contribution >= 0.6 is 31.9 Å². The van der Waals surface area contributed by atoms with Crippen LogP contribution in [0.3, 0.4) is 0 Å². The molecule has 0 saturated carbocycles. The van der Waals surface area contributed by atoms with Gasteiger partial charge in [0.2, 0.25) is 5.78 Å². The molecule has 0 bridgehead atoms. The lowest BCUT2D eigenvalue weighted by molar-refractivity contribution is -0.113. The molecule has 0 aliphatic carbocycles. The molecular formula is C25H16Br2N4O3. The van der Waals surface area contributed by atoms with Crippen molar-refractivity contribution in [3.05, 3.63) is 98.4 Å². The van der Waals surface area contributed by atoms with Crippen LogP contribution in [0.5, 0.6) is 5.75 Å². The molecule has 2 N–H and O–H groups in total. The molecule has 0 aliphatic rings. The van der Waals surface area contributed by atoms with Gasteiger partial charge in [0.1, 0.15) is 23.3 Å². The molecule has 0 saturated heterocycles. The number of carbonyl (C=O) groups excluding carboxylic acids is 2. The van der Waals surface area contributed by atoms with Gasteiger partial charge >= 0.3 is 0 Å². The lowest BCUT2D eigenvalue weighted by atomic mass is 9.86. The van der Waals surface area contributed by atoms with Crippen molar-refractivity contribution < 1.29 is 14.7 Å². The Morgan fingerprint density at radius 3 is 1.82 bits per heavy atom. The second-order valence-corrected chi connectivity index (χ2v) is 8.88. The number of hydrazone groups is 1. The zero-order chi connectivity index (χ0) is 24.7. The van der Waals surface area contributed by atoms with Crippen LogP contribution in [0.25, 0.3) is 0 Å². The second-order valence-electron chi connectivity index (χ2n) is 7.05. The van der Waals surface area contributed by atoms with Crippen molar-refractivity contribution in [3.63, 3.8) is 0 Å². The summed E-state index contributed by atoms with van der Waals surface area (Å²) in [6, 6.07) is 23.2. The Morgan fingerprint density at radius 2 is 1.32 bits per heavy atom. The van der Waals surface area contributed by atoms with Crippen molar-refractivity contribution in [2.24, 2.45) is 5.10 Å². The van der Waals surface area contributed by atoms with E-state index in [1.165, 1.54) is 12.1 Å². The molecule has 9 heteroatoms. The summed E-state index contributed by atoms with van der Waals surface area (Å²) >= 11 is 6.64. The topological polar surface area (TPSA) is 126 Å². The van der Waals surface area contributed by atoms with Crippen molar-refractivity contribution in [2.45, 2.75) is 11.8 Å². The predicted octanol–water partition coefficient (Wildman–Crippen LogP) is 5.19. The third-order valence-electron chi connectivity index (χ3n) is 4.88. The Hall–Kier alpha value is -3.79. The molecule has 0 aliphatic heterocycles. The quantitative estimate of drug-likeness (QED) is 0.294. The number of Topliss-reactive ketones (excluding diaryl/α,β-unsaturated/α-hetero) is 1. The van der Waals surface area contributed by atoms with Crippen LogP contribution in [0.4, 0.5) is 0 Å². The summed E-state index contributed by atoms with van der Waals surface area (Å²) in [6.45, 7) is 0. The molecule has 3 rings (SSSR count). The Labute approximate surface area is 212 Å². The highest BCUT2D eigenvalue weighted by molar-refractivity contribution is 9.10. The summed E-state index contributed by atoms with van der Waals surface area (Å²) in [6.07, 6.45) is 0. The number of hydrogen-bond donors (Lipinski definition) is 2. The first-order chi connectivity index (χ1) is 16.3. The van der Waals surface area contributed by atoms with Crippen LogP contribution in [-0.4, -0.2) is 22.5 Å². The summed E-state index contributed by atoms with van der Waals surface area (Å²) in [5.41, 5.74) is 2.77. The number of nitrogens with one attached hydrogen (secondary N) is 1. The van der Waals surface area contributed by atoms with Gasteiger partial charge in [-0.05, 0) is 47.5 Å². The number of carbonyl (C=O) groups is 2. The van der Waals surface area contributed by atoms with Crippen molar-refractivity contribution in [1.29, 1.82) is 10.5 Å². The number of nitriles is 2. The lowest BCUT2D eigenvalue weighted by Gasteiger charge is -2.16. The number of amides is 1. The molecule has 168 valence electrons. The van der Waals surface area contributed by atoms with E-state index in [4.69, 9.17) is 0 Å². The van der Waals surface area contributed by atoms with Gasteiger partial charge in [-0.3, -0.25) is 9.59 Å². The fourth-order valence-electron chi connectivity index (χ4n) is 3.14. The summed E-state index contributed by atoms with van der Waals surface area (Å²) in [7, 11) is 0. The molecule has 0 aromatic heterocycles. The molecule has 3 aromatic carbocycles. The zero-order valence-corrected chi connectivity index (χ0v) is 20.6. The highest BCUT2D eigenvalue weighted by Gasteiger charge is 2.32. The number of halogens is 2. The molecule has 0 spiro atoms. The highest BCUT2D eigenvalue weighted by Crippen LogP contribution is 2.26. The maximum Gasteiger partial charge on any atom is 0.275 e. The van der Waals surface area contributed by atoms with Gasteiger partial charge in [-0.2, -0.15) is 15.6 Å². The van der Waals surface area contributed by atoms with Gasteiger partial charge in [-0.1, -0.05) is 68.3 Å². The second kappa shape index (κ2) is 11.4. The van der Waals surface area contributed by atoms with Crippen LogP contribution in [-0.2, 0) is 4.79 Å². The fourth-order valence-corrected chi connectivity index (χ4v) is 3.66. The van der Waals surface area contributed by atoms with Gasteiger partial charge in [-0.25, -0.2) is 5.43 Å². The Kier molecular flexibility index (Phi) is 8.31. The van der Waals surface area contributed by atoms with E-state index in [2.05, 4.69) is 42.4 Å². The monoisotopic (exact) mass is 578 g/mol. The van der Waals surface area contributed by atoms with Gasteiger partial charge < -0.3 is 5.11 Å². The van der Waals surface area contributed by atoms with E-state index in [0.29, 0.717) is 11.1 Å². The maximum atomic E-state index is 13.5. The predicted molar refractivity (Wildman–Crippen MR) is 133 cm³/mol. The number of benzene rings is 3. The molecule has 7 nitrogen and oxygen atoms in total. The molecule has 0 radical (unpaired) electrons. The fraction of sp³-hybridized carbons (Fsp3) is 0.0800. The van der Waals surface area contributed by atoms with Gasteiger partial charge in [0.25, 0.3) is 5.91 Å². The summed E-state index contributed by atoms with van der Waals surface area (Å²) in [5, 5.41) is 33.6. The average Bonchev–Trinajstić information content (AvgIpc) is 2.84. The summed E-state index contributed by atoms with van der Waals surface area (Å²) in [5.74, 6) is -4.17. The molecular weight excluding hydrogens is 564 g/mol. The normalized spacial score (nSPS) is 12.6. The minimum absolute atomic E-state index is 0.0556. The van der Waals surface area contributed by atoms with Crippen LogP contribution in [0.15, 0.2) is 86.8 Å². The third-order valence-corrected chi connectivity index (χ3v) is 5.94.